The van der Waals surface area contributed by atoms with Gasteiger partial charge < -0.3 is 4.57 Å². The van der Waals surface area contributed by atoms with Gasteiger partial charge in [-0.05, 0) is 12.5 Å². The van der Waals surface area contributed by atoms with Crippen LogP contribution in [0.5, 0.6) is 0 Å². The van der Waals surface area contributed by atoms with Crippen LogP contribution in [0.2, 0.25) is 10.3 Å². The third kappa shape index (κ3) is 2.51. The molecule has 0 aliphatic rings. The van der Waals surface area contributed by atoms with Crippen molar-refractivity contribution in [2.45, 2.75) is 13.0 Å². The fourth-order valence-electron chi connectivity index (χ4n) is 1.63. The molecule has 0 aliphatic heterocycles. The number of benzene rings is 1. The lowest BCUT2D eigenvalue weighted by atomic mass is 10.1. The van der Waals surface area contributed by atoms with Crippen LogP contribution in [0.3, 0.4) is 0 Å². The molecule has 0 spiro atoms. The lowest BCUT2D eigenvalue weighted by molar-refractivity contribution is 0.610. The summed E-state index contributed by atoms with van der Waals surface area (Å²) in [4.78, 5) is 15.6. The van der Waals surface area contributed by atoms with E-state index in [1.165, 1.54) is 10.8 Å². The summed E-state index contributed by atoms with van der Waals surface area (Å²) in [7, 11) is 0. The van der Waals surface area contributed by atoms with Gasteiger partial charge in [0.2, 0.25) is 0 Å². The van der Waals surface area contributed by atoms with Crippen molar-refractivity contribution < 1.29 is 0 Å². The second kappa shape index (κ2) is 4.90. The van der Waals surface area contributed by atoms with Gasteiger partial charge in [0.25, 0.3) is 5.56 Å². The van der Waals surface area contributed by atoms with Crippen molar-refractivity contribution in [2.75, 3.05) is 0 Å². The summed E-state index contributed by atoms with van der Waals surface area (Å²) in [6, 6.07) is 9.51. The molecule has 0 aliphatic carbocycles. The van der Waals surface area contributed by atoms with Crippen molar-refractivity contribution in [1.29, 1.82) is 0 Å². The highest BCUT2D eigenvalue weighted by molar-refractivity contribution is 6.32. The molecule has 17 heavy (non-hydrogen) atoms. The zero-order chi connectivity index (χ0) is 12.4. The number of rotatable bonds is 2. The maximum absolute atomic E-state index is 11.8. The highest BCUT2D eigenvalue weighted by Crippen LogP contribution is 2.17. The summed E-state index contributed by atoms with van der Waals surface area (Å²) in [5.74, 6) is 0. The van der Waals surface area contributed by atoms with Crippen LogP contribution in [0, 0.1) is 0 Å². The minimum Gasteiger partial charge on any atom is -0.303 e. The molecule has 0 unspecified atom stereocenters. The molecule has 2 rings (SSSR count). The lowest BCUT2D eigenvalue weighted by Gasteiger charge is -2.15. The van der Waals surface area contributed by atoms with Crippen LogP contribution in [-0.4, -0.2) is 9.55 Å². The predicted molar refractivity (Wildman–Crippen MR) is 68.8 cm³/mol. The average molecular weight is 269 g/mol. The van der Waals surface area contributed by atoms with E-state index < -0.39 is 0 Å². The molecule has 3 nitrogen and oxygen atoms in total. The number of hydrogen-bond acceptors (Lipinski definition) is 2. The van der Waals surface area contributed by atoms with Gasteiger partial charge in [-0.2, -0.15) is 0 Å². The van der Waals surface area contributed by atoms with Crippen molar-refractivity contribution in [3.05, 3.63) is 62.8 Å². The van der Waals surface area contributed by atoms with Gasteiger partial charge in [0.1, 0.15) is 5.15 Å². The second-order valence-electron chi connectivity index (χ2n) is 3.65. The van der Waals surface area contributed by atoms with Crippen LogP contribution < -0.4 is 5.56 Å². The number of hydrogen-bond donors (Lipinski definition) is 0. The Kier molecular flexibility index (Phi) is 3.50. The van der Waals surface area contributed by atoms with E-state index >= 15 is 0 Å². The fourth-order valence-corrected chi connectivity index (χ4v) is 2.05. The first-order chi connectivity index (χ1) is 8.09. The maximum Gasteiger partial charge on any atom is 0.288 e. The zero-order valence-corrected chi connectivity index (χ0v) is 10.6. The molecule has 0 bridgehead atoms. The molecule has 1 aromatic carbocycles. The van der Waals surface area contributed by atoms with Gasteiger partial charge in [-0.1, -0.05) is 53.5 Å². The van der Waals surface area contributed by atoms with E-state index in [1.54, 1.807) is 0 Å². The first-order valence-electron chi connectivity index (χ1n) is 5.08. The first-order valence-corrected chi connectivity index (χ1v) is 5.84. The minimum atomic E-state index is -0.340. The zero-order valence-electron chi connectivity index (χ0n) is 9.10. The summed E-state index contributed by atoms with van der Waals surface area (Å²) in [6.07, 6.45) is 1.49. The molecule has 0 amide bonds. The summed E-state index contributed by atoms with van der Waals surface area (Å²) in [5, 5.41) is 0.0951. The molecule has 0 N–H and O–H groups in total. The van der Waals surface area contributed by atoms with Crippen molar-refractivity contribution in [1.82, 2.24) is 9.55 Å². The monoisotopic (exact) mass is 268 g/mol. The molecule has 1 heterocycles. The maximum atomic E-state index is 11.8. The SMILES string of the molecule is C[C@H](c1ccccc1)n1cc(Cl)nc(Cl)c1=O. The van der Waals surface area contributed by atoms with Gasteiger partial charge in [-0.25, -0.2) is 4.98 Å². The van der Waals surface area contributed by atoms with E-state index in [0.717, 1.165) is 5.56 Å². The van der Waals surface area contributed by atoms with E-state index in [4.69, 9.17) is 23.2 Å². The van der Waals surface area contributed by atoms with Gasteiger partial charge >= 0.3 is 0 Å². The van der Waals surface area contributed by atoms with Crippen LogP contribution in [0.15, 0.2) is 41.3 Å². The van der Waals surface area contributed by atoms with E-state index in [2.05, 4.69) is 4.98 Å². The lowest BCUT2D eigenvalue weighted by Crippen LogP contribution is -2.24. The summed E-state index contributed by atoms with van der Waals surface area (Å²) < 4.78 is 1.48. The predicted octanol–water partition coefficient (Wildman–Crippen LogP) is 3.16. The van der Waals surface area contributed by atoms with E-state index in [1.807, 2.05) is 37.3 Å². The molecule has 1 aromatic heterocycles. The number of aromatic nitrogens is 2. The first kappa shape index (κ1) is 12.1. The molecular formula is C12H10Cl2N2O. The average Bonchev–Trinajstić information content (AvgIpc) is 2.34. The topological polar surface area (TPSA) is 34.9 Å². The Morgan fingerprint density at radius 2 is 1.88 bits per heavy atom. The van der Waals surface area contributed by atoms with E-state index in [0.29, 0.717) is 0 Å². The smallest absolute Gasteiger partial charge is 0.288 e. The molecule has 2 aromatic rings. The molecule has 0 saturated heterocycles. The molecule has 0 radical (unpaired) electrons. The van der Waals surface area contributed by atoms with Gasteiger partial charge in [0, 0.05) is 6.20 Å². The normalized spacial score (nSPS) is 12.4. The third-order valence-corrected chi connectivity index (χ3v) is 2.99. The molecule has 88 valence electrons. The second-order valence-corrected chi connectivity index (χ2v) is 4.40. The molecule has 5 heteroatoms. The highest BCUT2D eigenvalue weighted by Gasteiger charge is 2.12. The van der Waals surface area contributed by atoms with Crippen LogP contribution in [0.4, 0.5) is 0 Å². The van der Waals surface area contributed by atoms with Crippen LogP contribution in [0.1, 0.15) is 18.5 Å². The Morgan fingerprint density at radius 3 is 2.53 bits per heavy atom. The Bertz CT molecular complexity index is 581. The van der Waals surface area contributed by atoms with Crippen LogP contribution in [0.25, 0.3) is 0 Å². The van der Waals surface area contributed by atoms with Gasteiger partial charge in [0.15, 0.2) is 5.15 Å². The van der Waals surface area contributed by atoms with Gasteiger partial charge in [-0.3, -0.25) is 4.79 Å². The third-order valence-electron chi connectivity index (χ3n) is 2.56. The number of halogens is 2. The van der Waals surface area contributed by atoms with Crippen molar-refractivity contribution in [2.24, 2.45) is 0 Å². The largest absolute Gasteiger partial charge is 0.303 e. The van der Waals surface area contributed by atoms with Crippen molar-refractivity contribution >= 4 is 23.2 Å². The Morgan fingerprint density at radius 1 is 1.24 bits per heavy atom. The molecule has 0 saturated carbocycles. The van der Waals surface area contributed by atoms with E-state index in [-0.39, 0.29) is 21.9 Å². The Balaban J connectivity index is 2.52. The van der Waals surface area contributed by atoms with Gasteiger partial charge in [-0.15, -0.1) is 0 Å². The summed E-state index contributed by atoms with van der Waals surface area (Å²) in [5.41, 5.74) is 0.667. The molecule has 1 atom stereocenters. The Labute approximate surface area is 109 Å². The fraction of sp³-hybridized carbons (Fsp3) is 0.167. The van der Waals surface area contributed by atoms with Crippen molar-refractivity contribution in [3.63, 3.8) is 0 Å². The number of nitrogens with zero attached hydrogens (tertiary/aromatic N) is 2. The molecular weight excluding hydrogens is 259 g/mol. The van der Waals surface area contributed by atoms with E-state index in [9.17, 15) is 4.79 Å². The van der Waals surface area contributed by atoms with Crippen LogP contribution >= 0.6 is 23.2 Å². The van der Waals surface area contributed by atoms with Gasteiger partial charge in [0.05, 0.1) is 6.04 Å². The minimum absolute atomic E-state index is 0.111. The highest BCUT2D eigenvalue weighted by atomic mass is 35.5. The summed E-state index contributed by atoms with van der Waals surface area (Å²) in [6.45, 7) is 1.91. The van der Waals surface area contributed by atoms with Crippen LogP contribution in [-0.2, 0) is 0 Å². The summed E-state index contributed by atoms with van der Waals surface area (Å²) >= 11 is 11.5. The molecule has 0 fully saturated rings. The standard InChI is InChI=1S/C12H10Cl2N2O/c1-8(9-5-3-2-4-6-9)16-7-10(13)15-11(14)12(16)17/h2-8H,1H3/t8-/m1/s1. The van der Waals surface area contributed by atoms with Crippen molar-refractivity contribution in [3.8, 4) is 0 Å². The Hall–Kier alpha value is -1.32. The quantitative estimate of drug-likeness (QED) is 0.839.